The number of piperidine rings is 1. The maximum Gasteiger partial charge on any atom is 0.417 e. The molecule has 7 nitrogen and oxygen atoms in total. The van der Waals surface area contributed by atoms with Crippen LogP contribution in [0.3, 0.4) is 0 Å². The summed E-state index contributed by atoms with van der Waals surface area (Å²) in [6, 6.07) is 9.15. The Morgan fingerprint density at radius 3 is 2.63 bits per heavy atom. The van der Waals surface area contributed by atoms with Gasteiger partial charge in [-0.15, -0.1) is 0 Å². The first-order valence-electron chi connectivity index (χ1n) is 11.0. The highest BCUT2D eigenvalue weighted by atomic mass is 19.4. The fraction of sp³-hybridized carbons (Fsp3) is 0.280. The van der Waals surface area contributed by atoms with Crippen molar-refractivity contribution in [3.63, 3.8) is 0 Å². The molecule has 0 radical (unpaired) electrons. The lowest BCUT2D eigenvalue weighted by Gasteiger charge is -2.33. The summed E-state index contributed by atoms with van der Waals surface area (Å²) in [5.41, 5.74) is 2.02. The molecular weight excluding hydrogens is 459 g/mol. The number of carbonyl (C=O) groups excluding carboxylic acids is 1. The van der Waals surface area contributed by atoms with Crippen LogP contribution in [0.4, 0.5) is 23.8 Å². The van der Waals surface area contributed by atoms with Gasteiger partial charge in [0.1, 0.15) is 5.75 Å². The number of hydrogen-bond donors (Lipinski definition) is 1. The molecule has 1 aliphatic rings. The van der Waals surface area contributed by atoms with Gasteiger partial charge >= 0.3 is 12.2 Å². The number of halogens is 3. The SMILES string of the molecule is Cc1cnc(NC(=O)N2CCC(=Cc3cccc(Oc4ccc(C(F)(F)F)cn4)c3)C(C)C2)cn1. The molecule has 0 aliphatic carbocycles. The highest BCUT2D eigenvalue weighted by molar-refractivity contribution is 5.88. The molecule has 2 amide bonds. The van der Waals surface area contributed by atoms with Gasteiger partial charge in [0.15, 0.2) is 5.82 Å². The van der Waals surface area contributed by atoms with E-state index in [1.165, 1.54) is 17.8 Å². The van der Waals surface area contributed by atoms with Crippen molar-refractivity contribution in [2.45, 2.75) is 26.4 Å². The Morgan fingerprint density at radius 1 is 1.14 bits per heavy atom. The van der Waals surface area contributed by atoms with Crippen molar-refractivity contribution in [3.8, 4) is 11.6 Å². The predicted molar refractivity (Wildman–Crippen MR) is 125 cm³/mol. The van der Waals surface area contributed by atoms with Crippen LogP contribution < -0.4 is 10.1 Å². The highest BCUT2D eigenvalue weighted by Crippen LogP contribution is 2.31. The van der Waals surface area contributed by atoms with Crippen LogP contribution in [0.15, 0.2) is 60.6 Å². The summed E-state index contributed by atoms with van der Waals surface area (Å²) in [6.07, 6.45) is 2.19. The van der Waals surface area contributed by atoms with E-state index in [1.807, 2.05) is 19.1 Å². The summed E-state index contributed by atoms with van der Waals surface area (Å²) in [6.45, 7) is 5.01. The summed E-state index contributed by atoms with van der Waals surface area (Å²) >= 11 is 0. The first kappa shape index (κ1) is 24.2. The van der Waals surface area contributed by atoms with Crippen molar-refractivity contribution in [1.29, 1.82) is 0 Å². The number of nitrogens with one attached hydrogen (secondary N) is 1. The molecule has 0 spiro atoms. The van der Waals surface area contributed by atoms with E-state index in [-0.39, 0.29) is 17.8 Å². The van der Waals surface area contributed by atoms with Gasteiger partial charge in [-0.2, -0.15) is 13.2 Å². The van der Waals surface area contributed by atoms with Crippen LogP contribution in [-0.4, -0.2) is 39.0 Å². The number of nitrogens with zero attached hydrogens (tertiary/aromatic N) is 4. The quantitative estimate of drug-likeness (QED) is 0.496. The normalized spacial score (nSPS) is 17.3. The molecule has 0 saturated carbocycles. The number of amides is 2. The van der Waals surface area contributed by atoms with Crippen molar-refractivity contribution in [1.82, 2.24) is 19.9 Å². The largest absolute Gasteiger partial charge is 0.439 e. The molecule has 3 aromatic rings. The summed E-state index contributed by atoms with van der Waals surface area (Å²) in [5.74, 6) is 1.10. The van der Waals surface area contributed by atoms with Gasteiger partial charge in [-0.05, 0) is 43.0 Å². The molecule has 1 fully saturated rings. The standard InChI is InChI=1S/C25H24F3N5O2/c1-16-15-33(24(34)32-22-14-29-17(2)12-30-22)9-8-19(16)10-18-4-3-5-21(11-18)35-23-7-6-20(13-31-23)25(26,27)28/h3-7,10-14,16H,8-9,15H2,1-2H3,(H,30,32,34). The van der Waals surface area contributed by atoms with Gasteiger partial charge in [-0.3, -0.25) is 10.3 Å². The number of alkyl halides is 3. The van der Waals surface area contributed by atoms with Crippen LogP contribution in [0, 0.1) is 12.8 Å². The minimum absolute atomic E-state index is 0.0776. The van der Waals surface area contributed by atoms with Crippen LogP contribution in [0.1, 0.15) is 30.2 Å². The zero-order chi connectivity index (χ0) is 25.0. The van der Waals surface area contributed by atoms with Gasteiger partial charge in [0.25, 0.3) is 0 Å². The number of rotatable bonds is 4. The first-order chi connectivity index (χ1) is 16.7. The minimum atomic E-state index is -4.45. The Labute approximate surface area is 200 Å². The van der Waals surface area contributed by atoms with Gasteiger partial charge in [0.05, 0.1) is 23.7 Å². The Balaban J connectivity index is 1.38. The van der Waals surface area contributed by atoms with Crippen molar-refractivity contribution < 1.29 is 22.7 Å². The Hall–Kier alpha value is -3.95. The molecule has 1 atom stereocenters. The van der Waals surface area contributed by atoms with Crippen molar-refractivity contribution in [2.75, 3.05) is 18.4 Å². The van der Waals surface area contributed by atoms with E-state index in [9.17, 15) is 18.0 Å². The molecule has 2 aromatic heterocycles. The summed E-state index contributed by atoms with van der Waals surface area (Å²) < 4.78 is 43.8. The zero-order valence-corrected chi connectivity index (χ0v) is 19.2. The number of urea groups is 1. The second-order valence-corrected chi connectivity index (χ2v) is 8.35. The fourth-order valence-corrected chi connectivity index (χ4v) is 3.71. The van der Waals surface area contributed by atoms with Gasteiger partial charge in [0.2, 0.25) is 5.88 Å². The average molecular weight is 483 g/mol. The Morgan fingerprint density at radius 2 is 1.97 bits per heavy atom. The van der Waals surface area contributed by atoms with E-state index >= 15 is 0 Å². The number of pyridine rings is 1. The van der Waals surface area contributed by atoms with E-state index in [0.717, 1.165) is 23.5 Å². The highest BCUT2D eigenvalue weighted by Gasteiger charge is 2.30. The molecule has 1 unspecified atom stereocenters. The molecule has 182 valence electrons. The first-order valence-corrected chi connectivity index (χ1v) is 11.0. The van der Waals surface area contributed by atoms with E-state index in [0.29, 0.717) is 31.1 Å². The lowest BCUT2D eigenvalue weighted by atomic mass is 9.91. The lowest BCUT2D eigenvalue weighted by molar-refractivity contribution is -0.137. The van der Waals surface area contributed by atoms with Gasteiger partial charge in [-0.25, -0.2) is 14.8 Å². The summed E-state index contributed by atoms with van der Waals surface area (Å²) in [5, 5.41) is 2.78. The second kappa shape index (κ2) is 10.1. The molecule has 4 rings (SSSR count). The van der Waals surface area contributed by atoms with E-state index in [2.05, 4.69) is 33.3 Å². The number of hydrogen-bond acceptors (Lipinski definition) is 5. The van der Waals surface area contributed by atoms with E-state index < -0.39 is 11.7 Å². The summed E-state index contributed by atoms with van der Waals surface area (Å²) in [4.78, 5) is 26.4. The number of anilines is 1. The maximum absolute atomic E-state index is 12.7. The molecule has 1 aromatic carbocycles. The van der Waals surface area contributed by atoms with Gasteiger partial charge in [0, 0.05) is 25.4 Å². The number of aromatic nitrogens is 3. The van der Waals surface area contributed by atoms with Crippen LogP contribution in [0.25, 0.3) is 6.08 Å². The number of carbonyl (C=O) groups is 1. The van der Waals surface area contributed by atoms with Crippen LogP contribution in [0.5, 0.6) is 11.6 Å². The fourth-order valence-electron chi connectivity index (χ4n) is 3.71. The number of likely N-dealkylation sites (tertiary alicyclic amines) is 1. The lowest BCUT2D eigenvalue weighted by Crippen LogP contribution is -2.42. The zero-order valence-electron chi connectivity index (χ0n) is 19.2. The van der Waals surface area contributed by atoms with Crippen molar-refractivity contribution in [3.05, 3.63) is 77.4 Å². The smallest absolute Gasteiger partial charge is 0.417 e. The molecule has 10 heteroatoms. The van der Waals surface area contributed by atoms with Crippen molar-refractivity contribution in [2.24, 2.45) is 5.92 Å². The molecule has 35 heavy (non-hydrogen) atoms. The van der Waals surface area contributed by atoms with Crippen LogP contribution in [-0.2, 0) is 6.18 Å². The van der Waals surface area contributed by atoms with Crippen LogP contribution >= 0.6 is 0 Å². The summed E-state index contributed by atoms with van der Waals surface area (Å²) in [7, 11) is 0. The van der Waals surface area contributed by atoms with E-state index in [4.69, 9.17) is 4.74 Å². The van der Waals surface area contributed by atoms with Crippen molar-refractivity contribution >= 4 is 17.9 Å². The molecule has 3 heterocycles. The third-order valence-corrected chi connectivity index (χ3v) is 5.60. The maximum atomic E-state index is 12.7. The van der Waals surface area contributed by atoms with Crippen LogP contribution in [0.2, 0.25) is 0 Å². The average Bonchev–Trinajstić information content (AvgIpc) is 2.82. The third kappa shape index (κ3) is 6.34. The molecule has 0 bridgehead atoms. The molecule has 1 saturated heterocycles. The number of benzene rings is 1. The topological polar surface area (TPSA) is 80.2 Å². The van der Waals surface area contributed by atoms with E-state index in [1.54, 1.807) is 23.2 Å². The van der Waals surface area contributed by atoms with Gasteiger partial charge in [-0.1, -0.05) is 30.7 Å². The molecule has 1 N–H and O–H groups in total. The molecular formula is C25H24F3N5O2. The second-order valence-electron chi connectivity index (χ2n) is 8.35. The van der Waals surface area contributed by atoms with Gasteiger partial charge < -0.3 is 9.64 Å². The minimum Gasteiger partial charge on any atom is -0.439 e. The number of aryl methyl sites for hydroxylation is 1. The third-order valence-electron chi connectivity index (χ3n) is 5.60. The number of ether oxygens (including phenoxy) is 1. The Kier molecular flexibility index (Phi) is 6.99. The predicted octanol–water partition coefficient (Wildman–Crippen LogP) is 5.95. The monoisotopic (exact) mass is 483 g/mol. The Bertz CT molecular complexity index is 1210. The molecule has 1 aliphatic heterocycles.